The average molecular weight is 757 g/mol. The molecule has 8 fully saturated rings. The third-order valence-corrected chi connectivity index (χ3v) is 19.4. The fourth-order valence-electron chi connectivity index (χ4n) is 13.0. The molecule has 0 spiro atoms. The Balaban J connectivity index is 0.000000576. The maximum atomic E-state index is 4.66. The van der Waals surface area contributed by atoms with Crippen molar-refractivity contribution in [2.45, 2.75) is 113 Å². The van der Waals surface area contributed by atoms with E-state index in [0.29, 0.717) is 0 Å². The van der Waals surface area contributed by atoms with Crippen molar-refractivity contribution in [3.05, 3.63) is 119 Å². The molecule has 51 heavy (non-hydrogen) atoms. The van der Waals surface area contributed by atoms with E-state index in [9.17, 15) is 0 Å². The van der Waals surface area contributed by atoms with Gasteiger partial charge in [0.25, 0.3) is 0 Å². The minimum Gasteiger partial charge on any atom is -0.748 e. The summed E-state index contributed by atoms with van der Waals surface area (Å²) in [5, 5.41) is -0.365. The Kier molecular flexibility index (Phi) is 10.4. The Labute approximate surface area is 322 Å². The zero-order chi connectivity index (χ0) is 34.0. The summed E-state index contributed by atoms with van der Waals surface area (Å²) in [7, 11) is 3.26. The van der Waals surface area contributed by atoms with E-state index in [1.165, 1.54) is 28.4 Å². The van der Waals surface area contributed by atoms with Crippen molar-refractivity contribution >= 4 is 17.2 Å². The Morgan fingerprint density at radius 3 is 1.43 bits per heavy atom. The predicted octanol–water partition coefficient (Wildman–Crippen LogP) is 11.7. The summed E-state index contributed by atoms with van der Waals surface area (Å²) in [5.41, 5.74) is 9.27. The summed E-state index contributed by atoms with van der Waals surface area (Å²) in [6.07, 6.45) is 25.0. The number of nitrogens with zero attached hydrogens (tertiary/aromatic N) is 2. The van der Waals surface area contributed by atoms with Gasteiger partial charge in [-0.1, -0.05) is 44.5 Å². The molecule has 5 heteroatoms. The molecule has 8 aliphatic carbocycles. The van der Waals surface area contributed by atoms with Gasteiger partial charge in [0.15, 0.2) is 0 Å². The van der Waals surface area contributed by atoms with E-state index >= 15 is 0 Å². The Morgan fingerprint density at radius 2 is 1.08 bits per heavy atom. The van der Waals surface area contributed by atoms with Gasteiger partial charge in [0, 0.05) is 47.0 Å². The molecule has 1 atom stereocenters. The van der Waals surface area contributed by atoms with Gasteiger partial charge in [-0.15, -0.1) is 17.2 Å². The summed E-state index contributed by atoms with van der Waals surface area (Å²) in [4.78, 5) is 9.33. The van der Waals surface area contributed by atoms with Gasteiger partial charge in [-0.2, -0.15) is 28.8 Å². The minimum absolute atomic E-state index is 0. The second-order valence-electron chi connectivity index (χ2n) is 18.7. The predicted molar refractivity (Wildman–Crippen MR) is 213 cm³/mol. The standard InChI is InChI=1S/C41H53N2P2.C5H5.Fe/c1-40(2,3)36-20-33(37(21-36)41(44,34-6-4-8-42-22-34)35-7-5-9-43-23-35)24-45(38-29-12-25-10-26(14-29)15-30(38)13-25)39-31-16-27-11-28(18-31)19-32(39)17-27;1-2-4-5-3-1;/h4-9,20-23,25-32,38-39H,10-19,24,44H2,1-3H3;1-5H;/q-1;-5;. The summed E-state index contributed by atoms with van der Waals surface area (Å²) < 4.78 is 0. The molecular formula is C46H58FeN2P2-6. The van der Waals surface area contributed by atoms with Crippen LogP contribution < -0.4 is 0 Å². The molecule has 2 aromatic carbocycles. The molecule has 0 saturated heterocycles. The van der Waals surface area contributed by atoms with E-state index in [2.05, 4.69) is 88.8 Å². The molecule has 8 saturated carbocycles. The van der Waals surface area contributed by atoms with Crippen molar-refractivity contribution in [3.8, 4) is 0 Å². The number of rotatable bonds is 7. The fourth-order valence-corrected chi connectivity index (χ4v) is 18.2. The van der Waals surface area contributed by atoms with Crippen LogP contribution >= 0.6 is 17.2 Å². The van der Waals surface area contributed by atoms with Crippen LogP contribution in [0.5, 0.6) is 0 Å². The van der Waals surface area contributed by atoms with Crippen molar-refractivity contribution in [2.24, 2.45) is 47.3 Å². The van der Waals surface area contributed by atoms with Crippen LogP contribution in [0.4, 0.5) is 0 Å². The molecular weight excluding hydrogens is 698 g/mol. The zero-order valence-corrected chi connectivity index (χ0v) is 34.1. The monoisotopic (exact) mass is 756 g/mol. The van der Waals surface area contributed by atoms with Crippen LogP contribution in [0.1, 0.15) is 113 Å². The quantitative estimate of drug-likeness (QED) is 0.107. The maximum absolute atomic E-state index is 4.66. The first kappa shape index (κ1) is 36.4. The van der Waals surface area contributed by atoms with E-state index < -0.39 is 0 Å². The van der Waals surface area contributed by atoms with Gasteiger partial charge in [0.2, 0.25) is 0 Å². The Bertz CT molecular complexity index is 1570. The molecule has 8 aliphatic rings. The van der Waals surface area contributed by atoms with Gasteiger partial charge in [0.05, 0.1) is 0 Å². The van der Waals surface area contributed by atoms with Crippen LogP contribution in [-0.2, 0) is 33.8 Å². The molecule has 1 unspecified atom stereocenters. The topological polar surface area (TPSA) is 25.8 Å². The van der Waals surface area contributed by atoms with Crippen molar-refractivity contribution in [2.75, 3.05) is 0 Å². The molecule has 2 aromatic heterocycles. The second kappa shape index (κ2) is 14.6. The first-order chi connectivity index (χ1) is 24.2. The Morgan fingerprint density at radius 1 is 0.667 bits per heavy atom. The van der Waals surface area contributed by atoms with E-state index in [1.54, 1.807) is 69.8 Å². The largest absolute Gasteiger partial charge is 0.748 e. The zero-order valence-electron chi connectivity index (χ0n) is 31.0. The number of hydrogen-bond donors (Lipinski definition) is 0. The van der Waals surface area contributed by atoms with Gasteiger partial charge in [-0.25, -0.2) is 0 Å². The first-order valence-electron chi connectivity index (χ1n) is 20.1. The summed E-state index contributed by atoms with van der Waals surface area (Å²) in [6.45, 7) is 7.23. The third-order valence-electron chi connectivity index (χ3n) is 14.5. The minimum atomic E-state index is -0.365. The van der Waals surface area contributed by atoms with Gasteiger partial charge >= 0.3 is 0 Å². The van der Waals surface area contributed by atoms with E-state index in [1.807, 2.05) is 42.7 Å². The molecule has 0 N–H and O–H groups in total. The summed E-state index contributed by atoms with van der Waals surface area (Å²) in [5.74, 6) is 8.28. The first-order valence-corrected chi connectivity index (χ1v) is 22.3. The normalized spacial score (nSPS) is 33.7. The Hall–Kier alpha value is -1.62. The summed E-state index contributed by atoms with van der Waals surface area (Å²) >= 11 is 0. The van der Waals surface area contributed by atoms with Crippen molar-refractivity contribution in [3.63, 3.8) is 0 Å². The van der Waals surface area contributed by atoms with E-state index in [-0.39, 0.29) is 35.6 Å². The number of hydrogen-bond acceptors (Lipinski definition) is 2. The summed E-state index contributed by atoms with van der Waals surface area (Å²) in [6, 6.07) is 24.1. The fraction of sp³-hybridized carbons (Fsp3) is 0.565. The van der Waals surface area contributed by atoms with Crippen LogP contribution in [0.3, 0.4) is 0 Å². The molecule has 2 heterocycles. The van der Waals surface area contributed by atoms with E-state index in [4.69, 9.17) is 0 Å². The van der Waals surface area contributed by atoms with Crippen LogP contribution in [0, 0.1) is 47.3 Å². The van der Waals surface area contributed by atoms with Crippen molar-refractivity contribution in [1.82, 2.24) is 9.97 Å². The molecule has 0 amide bonds. The maximum Gasteiger partial charge on any atom is 0.0304 e. The third kappa shape index (κ3) is 6.84. The molecule has 276 valence electrons. The molecule has 0 radical (unpaired) electrons. The molecule has 12 rings (SSSR count). The molecule has 8 bridgehead atoms. The van der Waals surface area contributed by atoms with Gasteiger partial charge in [-0.05, 0) is 146 Å². The van der Waals surface area contributed by atoms with Crippen LogP contribution in [0.25, 0.3) is 0 Å². The van der Waals surface area contributed by atoms with Gasteiger partial charge in [0.1, 0.15) is 0 Å². The average Bonchev–Trinajstić information content (AvgIpc) is 3.83. The van der Waals surface area contributed by atoms with Gasteiger partial charge < -0.3 is 30.3 Å². The van der Waals surface area contributed by atoms with E-state index in [0.717, 1.165) is 58.7 Å². The SMILES string of the molecule is CC(C)(C)[c-]1cc(CP(C2C3CC4CC(C3)CC2C4)C2C3CC4CC(C3)CC2C4)c(C(P)(c2cccnc2)c2cccnc2)c1.[Fe].[cH-]1[cH-][cH-][cH-][cH-]1. The molecule has 4 aromatic rings. The smallest absolute Gasteiger partial charge is 0.0304 e. The van der Waals surface area contributed by atoms with Crippen LogP contribution in [0.15, 0.2) is 91.5 Å². The second-order valence-corrected chi connectivity index (χ2v) is 22.1. The van der Waals surface area contributed by atoms with Crippen LogP contribution in [0.2, 0.25) is 0 Å². The van der Waals surface area contributed by atoms with Crippen molar-refractivity contribution < 1.29 is 17.1 Å². The van der Waals surface area contributed by atoms with Gasteiger partial charge in [-0.3, -0.25) is 9.97 Å². The number of aromatic nitrogens is 2. The van der Waals surface area contributed by atoms with Crippen LogP contribution in [-0.4, -0.2) is 21.3 Å². The number of pyridine rings is 2. The molecule has 0 aliphatic heterocycles. The molecule has 2 nitrogen and oxygen atoms in total. The van der Waals surface area contributed by atoms with Crippen molar-refractivity contribution in [1.29, 1.82) is 0 Å².